The SMILES string of the molecule is Cc1c(NS(=O)(=O)c2cc(C(=O)NCc3ccccc3Cl)ccc2Cl)c(=O)n(-c2ccccc2)n1C. The average Bonchev–Trinajstić information content (AvgIpc) is 3.06. The van der Waals surface area contributed by atoms with Crippen LogP contribution in [0.15, 0.2) is 82.5 Å². The summed E-state index contributed by atoms with van der Waals surface area (Å²) < 4.78 is 31.8. The van der Waals surface area contributed by atoms with E-state index in [1.165, 1.54) is 22.9 Å². The highest BCUT2D eigenvalue weighted by Crippen LogP contribution is 2.26. The second-order valence-corrected chi connectivity index (χ2v) is 10.4. The van der Waals surface area contributed by atoms with Gasteiger partial charge in [-0.3, -0.25) is 19.0 Å². The summed E-state index contributed by atoms with van der Waals surface area (Å²) in [4.78, 5) is 25.5. The van der Waals surface area contributed by atoms with Crippen LogP contribution in [-0.4, -0.2) is 23.7 Å². The number of hydrogen-bond acceptors (Lipinski definition) is 4. The number of anilines is 1. The predicted octanol–water partition coefficient (Wildman–Crippen LogP) is 4.52. The van der Waals surface area contributed by atoms with E-state index >= 15 is 0 Å². The van der Waals surface area contributed by atoms with E-state index in [9.17, 15) is 18.0 Å². The molecule has 0 saturated heterocycles. The monoisotopic (exact) mass is 544 g/mol. The first kappa shape index (κ1) is 25.6. The zero-order valence-corrected chi connectivity index (χ0v) is 21.7. The predicted molar refractivity (Wildman–Crippen MR) is 141 cm³/mol. The standard InChI is InChI=1S/C25H22Cl2N4O4S/c1-16-23(25(33)31(30(16)2)19-9-4-3-5-10-19)29-36(34,35)22-14-17(12-13-21(22)27)24(32)28-15-18-8-6-7-11-20(18)26/h3-14,29H,15H2,1-2H3,(H,28,32). The minimum Gasteiger partial charge on any atom is -0.348 e. The summed E-state index contributed by atoms with van der Waals surface area (Å²) in [6, 6.07) is 19.8. The van der Waals surface area contributed by atoms with Crippen molar-refractivity contribution in [2.75, 3.05) is 4.72 Å². The van der Waals surface area contributed by atoms with Gasteiger partial charge in [-0.2, -0.15) is 0 Å². The summed E-state index contributed by atoms with van der Waals surface area (Å²) in [6.07, 6.45) is 0. The van der Waals surface area contributed by atoms with Crippen molar-refractivity contribution < 1.29 is 13.2 Å². The van der Waals surface area contributed by atoms with Crippen LogP contribution >= 0.6 is 23.2 Å². The molecule has 0 radical (unpaired) electrons. The van der Waals surface area contributed by atoms with Gasteiger partial charge in [-0.05, 0) is 48.9 Å². The zero-order chi connectivity index (χ0) is 26.0. The quantitative estimate of drug-likeness (QED) is 0.357. The number of sulfonamides is 1. The van der Waals surface area contributed by atoms with E-state index < -0.39 is 21.5 Å². The molecule has 0 saturated carbocycles. The molecule has 1 amide bonds. The smallest absolute Gasteiger partial charge is 0.296 e. The van der Waals surface area contributed by atoms with Gasteiger partial charge in [0.05, 0.1) is 16.4 Å². The van der Waals surface area contributed by atoms with Crippen LogP contribution in [0, 0.1) is 6.92 Å². The Morgan fingerprint density at radius 1 is 0.944 bits per heavy atom. The molecule has 0 aliphatic heterocycles. The Kier molecular flexibility index (Phi) is 7.26. The first-order chi connectivity index (χ1) is 17.1. The Morgan fingerprint density at radius 2 is 1.61 bits per heavy atom. The molecule has 4 rings (SSSR count). The molecule has 0 atom stereocenters. The van der Waals surface area contributed by atoms with Gasteiger partial charge in [-0.1, -0.05) is 59.6 Å². The molecule has 36 heavy (non-hydrogen) atoms. The summed E-state index contributed by atoms with van der Waals surface area (Å²) in [5.74, 6) is -0.509. The van der Waals surface area contributed by atoms with Crippen LogP contribution in [0.5, 0.6) is 0 Å². The molecule has 0 unspecified atom stereocenters. The van der Waals surface area contributed by atoms with E-state index in [2.05, 4.69) is 10.0 Å². The molecule has 4 aromatic rings. The van der Waals surface area contributed by atoms with Crippen LogP contribution in [-0.2, 0) is 23.6 Å². The number of benzene rings is 3. The summed E-state index contributed by atoms with van der Waals surface area (Å²) in [6.45, 7) is 1.78. The van der Waals surface area contributed by atoms with Crippen LogP contribution in [0.2, 0.25) is 10.0 Å². The second kappa shape index (κ2) is 10.2. The Balaban J connectivity index is 1.63. The van der Waals surface area contributed by atoms with Gasteiger partial charge in [0, 0.05) is 24.2 Å². The van der Waals surface area contributed by atoms with Crippen LogP contribution in [0.4, 0.5) is 5.69 Å². The van der Waals surface area contributed by atoms with Crippen LogP contribution in [0.1, 0.15) is 21.6 Å². The first-order valence-corrected chi connectivity index (χ1v) is 13.0. The maximum absolute atomic E-state index is 13.3. The summed E-state index contributed by atoms with van der Waals surface area (Å²) >= 11 is 12.3. The maximum Gasteiger partial charge on any atom is 0.296 e. The molecule has 0 aliphatic rings. The average molecular weight is 545 g/mol. The van der Waals surface area contributed by atoms with Gasteiger partial charge in [0.2, 0.25) is 0 Å². The molecule has 3 aromatic carbocycles. The van der Waals surface area contributed by atoms with Gasteiger partial charge in [0.25, 0.3) is 21.5 Å². The van der Waals surface area contributed by atoms with Crippen molar-refractivity contribution >= 4 is 44.8 Å². The summed E-state index contributed by atoms with van der Waals surface area (Å²) in [5, 5.41) is 3.12. The van der Waals surface area contributed by atoms with Gasteiger partial charge in [0.15, 0.2) is 0 Å². The molecule has 0 aliphatic carbocycles. The summed E-state index contributed by atoms with van der Waals surface area (Å²) in [7, 11) is -2.66. The normalized spacial score (nSPS) is 11.3. The lowest BCUT2D eigenvalue weighted by atomic mass is 10.2. The number of carbonyl (C=O) groups is 1. The molecular weight excluding hydrogens is 523 g/mol. The molecule has 0 spiro atoms. The number of aromatic nitrogens is 2. The van der Waals surface area contributed by atoms with E-state index in [4.69, 9.17) is 23.2 Å². The van der Waals surface area contributed by atoms with Crippen molar-refractivity contribution in [1.29, 1.82) is 0 Å². The number of amides is 1. The highest BCUT2D eigenvalue weighted by Gasteiger charge is 2.25. The maximum atomic E-state index is 13.3. The van der Waals surface area contributed by atoms with Crippen molar-refractivity contribution in [3.63, 3.8) is 0 Å². The first-order valence-electron chi connectivity index (χ1n) is 10.8. The number of para-hydroxylation sites is 1. The van der Waals surface area contributed by atoms with Crippen LogP contribution in [0.3, 0.4) is 0 Å². The van der Waals surface area contributed by atoms with E-state index in [1.807, 2.05) is 6.07 Å². The minimum absolute atomic E-state index is 0.0818. The van der Waals surface area contributed by atoms with Crippen molar-refractivity contribution in [3.05, 3.63) is 110 Å². The third kappa shape index (κ3) is 5.04. The third-order valence-electron chi connectivity index (χ3n) is 5.67. The van der Waals surface area contributed by atoms with Crippen molar-refractivity contribution in [1.82, 2.24) is 14.7 Å². The Hall–Kier alpha value is -3.53. The topological polar surface area (TPSA) is 102 Å². The van der Waals surface area contributed by atoms with Gasteiger partial charge >= 0.3 is 0 Å². The molecule has 8 nitrogen and oxygen atoms in total. The highest BCUT2D eigenvalue weighted by molar-refractivity contribution is 7.92. The molecule has 2 N–H and O–H groups in total. The van der Waals surface area contributed by atoms with E-state index in [-0.39, 0.29) is 27.7 Å². The van der Waals surface area contributed by atoms with Gasteiger partial charge in [-0.25, -0.2) is 13.1 Å². The van der Waals surface area contributed by atoms with E-state index in [0.29, 0.717) is 22.0 Å². The van der Waals surface area contributed by atoms with Gasteiger partial charge in [-0.15, -0.1) is 0 Å². The lowest BCUT2D eigenvalue weighted by molar-refractivity contribution is 0.0950. The molecule has 11 heteroatoms. The largest absolute Gasteiger partial charge is 0.348 e. The molecule has 186 valence electrons. The molecule has 1 aromatic heterocycles. The van der Waals surface area contributed by atoms with Gasteiger partial charge < -0.3 is 5.32 Å². The van der Waals surface area contributed by atoms with Crippen molar-refractivity contribution in [3.8, 4) is 5.69 Å². The lowest BCUT2D eigenvalue weighted by Gasteiger charge is -2.11. The molecule has 0 bridgehead atoms. The third-order valence-corrected chi connectivity index (χ3v) is 7.87. The molecular formula is C25H22Cl2N4O4S. The number of nitrogens with zero attached hydrogens (tertiary/aromatic N) is 2. The van der Waals surface area contributed by atoms with Crippen LogP contribution < -0.4 is 15.6 Å². The minimum atomic E-state index is -4.31. The number of carbonyl (C=O) groups excluding carboxylic acids is 1. The zero-order valence-electron chi connectivity index (χ0n) is 19.3. The fourth-order valence-corrected chi connectivity index (χ4v) is 5.49. The summed E-state index contributed by atoms with van der Waals surface area (Å²) in [5.41, 5.74) is 1.11. The molecule has 0 fully saturated rings. The van der Waals surface area contributed by atoms with E-state index in [1.54, 1.807) is 67.2 Å². The number of rotatable bonds is 7. The van der Waals surface area contributed by atoms with E-state index in [0.717, 1.165) is 0 Å². The fourth-order valence-electron chi connectivity index (χ4n) is 3.65. The van der Waals surface area contributed by atoms with Crippen LogP contribution in [0.25, 0.3) is 5.69 Å². The molecule has 1 heterocycles. The van der Waals surface area contributed by atoms with Crippen molar-refractivity contribution in [2.45, 2.75) is 18.4 Å². The number of hydrogen-bond donors (Lipinski definition) is 2. The van der Waals surface area contributed by atoms with Crippen molar-refractivity contribution in [2.24, 2.45) is 7.05 Å². The van der Waals surface area contributed by atoms with Gasteiger partial charge in [0.1, 0.15) is 10.6 Å². The fraction of sp³-hybridized carbons (Fsp3) is 0.120. The number of nitrogens with one attached hydrogen (secondary N) is 2. The second-order valence-electron chi connectivity index (χ2n) is 7.96. The Bertz CT molecular complexity index is 1610. The number of halogens is 2. The lowest BCUT2D eigenvalue weighted by Crippen LogP contribution is -2.25. The highest BCUT2D eigenvalue weighted by atomic mass is 35.5. The Morgan fingerprint density at radius 3 is 2.31 bits per heavy atom. The Labute approximate surface area is 218 Å².